The number of carbonyl (C=O) groups is 1. The van der Waals surface area contributed by atoms with E-state index in [1.165, 1.54) is 32.1 Å². The number of nitrogens with one attached hydrogen (secondary N) is 1. The van der Waals surface area contributed by atoms with Crippen molar-refractivity contribution in [3.63, 3.8) is 0 Å². The molecule has 7 N–H and O–H groups in total. The number of unbranched alkanes of at least 4 members (excludes halogenated alkanes) is 1. The predicted molar refractivity (Wildman–Crippen MR) is 230 cm³/mol. The highest BCUT2D eigenvalue weighted by Gasteiger charge is 2.26. The Bertz CT molecular complexity index is 1770. The summed E-state index contributed by atoms with van der Waals surface area (Å²) in [6, 6.07) is 15.1. The third kappa shape index (κ3) is 15.5. The zero-order chi connectivity index (χ0) is 38.8. The summed E-state index contributed by atoms with van der Waals surface area (Å²) < 4.78 is 16.0. The number of aliphatic imine (C=N–C) groups is 1. The average Bonchev–Trinajstić information content (AvgIpc) is 3.84. The van der Waals surface area contributed by atoms with Crippen LogP contribution in [0.5, 0.6) is 11.5 Å². The van der Waals surface area contributed by atoms with Crippen molar-refractivity contribution >= 4 is 36.7 Å². The fraction of sp³-hybridized carbons (Fsp3) is 0.561. The topological polar surface area (TPSA) is 199 Å². The van der Waals surface area contributed by atoms with Crippen LogP contribution in [0.3, 0.4) is 0 Å². The highest BCUT2D eigenvalue weighted by Crippen LogP contribution is 2.37. The largest absolute Gasteiger partial charge is 0.493 e. The van der Waals surface area contributed by atoms with Crippen molar-refractivity contribution in [1.29, 1.82) is 0 Å². The van der Waals surface area contributed by atoms with Crippen LogP contribution in [-0.4, -0.2) is 67.6 Å². The molecule has 1 amide bonds. The zero-order valence-corrected chi connectivity index (χ0v) is 35.1. The average molecular weight is 829 g/mol. The number of amides is 1. The van der Waals surface area contributed by atoms with Gasteiger partial charge in [0.15, 0.2) is 5.96 Å². The van der Waals surface area contributed by atoms with Crippen molar-refractivity contribution in [2.45, 2.75) is 116 Å². The van der Waals surface area contributed by atoms with Crippen LogP contribution >= 0.6 is 24.8 Å². The summed E-state index contributed by atoms with van der Waals surface area (Å²) in [5.41, 5.74) is 20.5. The lowest BCUT2D eigenvalue weighted by atomic mass is 9.86. The summed E-state index contributed by atoms with van der Waals surface area (Å²) in [6.45, 7) is 6.66. The smallest absolute Gasteiger partial charge is 0.245 e. The number of aromatic nitrogens is 6. The molecule has 5 rings (SSSR count). The fourth-order valence-corrected chi connectivity index (χ4v) is 7.07. The second-order valence-corrected chi connectivity index (χ2v) is 15.1. The van der Waals surface area contributed by atoms with Crippen LogP contribution < -0.4 is 32.0 Å². The SMILES string of the molecule is CC(C)CCOc1ccccc1-c1ccccc1OCc1cn([C@H](CCCN=C(N)N)C(=O)N[C@H](CCCCN)Cn2cc(CC3CCCCC3)nn2)nn1.Cl.Cl. The summed E-state index contributed by atoms with van der Waals surface area (Å²) in [5, 5.41) is 21.0. The standard InChI is InChI=1S/C41H61N11O3.2ClH/c1-30(2)21-24-54-38-19-8-6-16-35(38)36-17-7-9-20-39(36)55-29-34-28-52(50-48-34)37(18-12-23-45-41(43)44)40(53)46-32(15-10-11-22-42)26-51-27-33(47-49-51)25-31-13-4-3-5-14-31;;/h6-9,16-17,19-20,27-28,30-32,37H,3-5,10-15,18,21-26,29,42H2,1-2H3,(H,46,53)(H4,43,44,45);2*1H/t32-,37-;;/m1../s1. The quantitative estimate of drug-likeness (QED) is 0.0368. The number of para-hydroxylation sites is 2. The number of benzene rings is 2. The van der Waals surface area contributed by atoms with Gasteiger partial charge in [0.25, 0.3) is 0 Å². The molecule has 0 saturated heterocycles. The molecule has 2 atom stereocenters. The number of hydrogen-bond donors (Lipinski definition) is 4. The monoisotopic (exact) mass is 827 g/mol. The first-order valence-corrected chi connectivity index (χ1v) is 20.1. The third-order valence-corrected chi connectivity index (χ3v) is 10.1. The minimum atomic E-state index is -0.646. The lowest BCUT2D eigenvalue weighted by molar-refractivity contribution is -0.125. The Morgan fingerprint density at radius 2 is 1.54 bits per heavy atom. The number of ether oxygens (including phenoxy) is 2. The number of nitrogens with two attached hydrogens (primary N) is 3. The predicted octanol–water partition coefficient (Wildman–Crippen LogP) is 6.42. The van der Waals surface area contributed by atoms with Crippen molar-refractivity contribution in [2.24, 2.45) is 34.0 Å². The fourth-order valence-electron chi connectivity index (χ4n) is 7.07. The molecule has 57 heavy (non-hydrogen) atoms. The summed E-state index contributed by atoms with van der Waals surface area (Å²) in [5.74, 6) is 2.57. The molecule has 1 saturated carbocycles. The van der Waals surface area contributed by atoms with E-state index in [0.717, 1.165) is 54.7 Å². The lowest BCUT2D eigenvalue weighted by Gasteiger charge is -2.23. The highest BCUT2D eigenvalue weighted by atomic mass is 35.5. The van der Waals surface area contributed by atoms with Crippen LogP contribution in [0.15, 0.2) is 65.9 Å². The molecule has 4 aromatic rings. The Kier molecular flexibility index (Phi) is 20.7. The third-order valence-electron chi connectivity index (χ3n) is 10.1. The van der Waals surface area contributed by atoms with Gasteiger partial charge in [-0.25, -0.2) is 4.68 Å². The lowest BCUT2D eigenvalue weighted by Crippen LogP contribution is -2.42. The van der Waals surface area contributed by atoms with Crippen LogP contribution in [0.25, 0.3) is 11.1 Å². The molecule has 314 valence electrons. The van der Waals surface area contributed by atoms with Crippen molar-refractivity contribution in [3.05, 3.63) is 72.3 Å². The van der Waals surface area contributed by atoms with E-state index in [9.17, 15) is 4.79 Å². The van der Waals surface area contributed by atoms with Crippen molar-refractivity contribution in [1.82, 2.24) is 35.3 Å². The van der Waals surface area contributed by atoms with Gasteiger partial charge in [-0.3, -0.25) is 14.5 Å². The minimum absolute atomic E-state index is 0. The first-order chi connectivity index (χ1) is 26.8. The molecule has 0 unspecified atom stereocenters. The van der Waals surface area contributed by atoms with Crippen LogP contribution in [0.1, 0.15) is 102 Å². The maximum Gasteiger partial charge on any atom is 0.245 e. The number of hydrogen-bond acceptors (Lipinski definition) is 9. The van der Waals surface area contributed by atoms with E-state index < -0.39 is 6.04 Å². The maximum absolute atomic E-state index is 14.1. The molecule has 2 aromatic heterocycles. The normalized spacial score (nSPS) is 13.9. The Morgan fingerprint density at radius 1 is 0.860 bits per heavy atom. The van der Waals surface area contributed by atoms with Gasteiger partial charge in [-0.15, -0.1) is 35.0 Å². The van der Waals surface area contributed by atoms with Gasteiger partial charge in [0.1, 0.15) is 29.8 Å². The van der Waals surface area contributed by atoms with Gasteiger partial charge in [0, 0.05) is 29.9 Å². The molecule has 0 aliphatic heterocycles. The number of halogens is 2. The zero-order valence-electron chi connectivity index (χ0n) is 33.5. The van der Waals surface area contributed by atoms with Crippen LogP contribution in [0.4, 0.5) is 0 Å². The molecule has 2 aromatic carbocycles. The first-order valence-electron chi connectivity index (χ1n) is 20.1. The van der Waals surface area contributed by atoms with Gasteiger partial charge in [-0.2, -0.15) is 0 Å². The molecule has 0 bridgehead atoms. The molecular formula is C41H63Cl2N11O3. The van der Waals surface area contributed by atoms with Crippen molar-refractivity contribution in [2.75, 3.05) is 19.7 Å². The maximum atomic E-state index is 14.1. The number of carbonyl (C=O) groups excluding carboxylic acids is 1. The van der Waals surface area contributed by atoms with Gasteiger partial charge in [0.2, 0.25) is 5.91 Å². The van der Waals surface area contributed by atoms with E-state index in [2.05, 4.69) is 44.8 Å². The van der Waals surface area contributed by atoms with E-state index in [1.807, 2.05) is 59.4 Å². The molecule has 1 aliphatic carbocycles. The molecule has 0 spiro atoms. The number of nitrogens with zero attached hydrogens (tertiary/aromatic N) is 7. The Hall–Kier alpha value is -4.40. The van der Waals surface area contributed by atoms with Gasteiger partial charge in [-0.1, -0.05) is 99.2 Å². The minimum Gasteiger partial charge on any atom is -0.493 e. The molecule has 0 radical (unpaired) electrons. The first kappa shape index (κ1) is 47.0. The van der Waals surface area contributed by atoms with Gasteiger partial charge in [-0.05, 0) is 69.0 Å². The van der Waals surface area contributed by atoms with Crippen molar-refractivity contribution in [3.8, 4) is 22.6 Å². The van der Waals surface area contributed by atoms with E-state index in [4.69, 9.17) is 26.7 Å². The van der Waals surface area contributed by atoms with Gasteiger partial charge in [0.05, 0.1) is 25.0 Å². The Balaban J connectivity index is 0.00000435. The number of rotatable bonds is 23. The summed E-state index contributed by atoms with van der Waals surface area (Å²) in [4.78, 5) is 18.2. The summed E-state index contributed by atoms with van der Waals surface area (Å²) in [6.07, 6.45) is 15.6. The molecule has 2 heterocycles. The molecular weight excluding hydrogens is 765 g/mol. The Labute approximate surface area is 349 Å². The van der Waals surface area contributed by atoms with Gasteiger partial charge < -0.3 is 32.0 Å². The van der Waals surface area contributed by atoms with Crippen molar-refractivity contribution < 1.29 is 14.3 Å². The van der Waals surface area contributed by atoms with Crippen LogP contribution in [0.2, 0.25) is 0 Å². The summed E-state index contributed by atoms with van der Waals surface area (Å²) >= 11 is 0. The molecule has 1 aliphatic rings. The molecule has 16 heteroatoms. The van der Waals surface area contributed by atoms with E-state index in [1.54, 1.807) is 10.9 Å². The molecule has 1 fully saturated rings. The number of guanidine groups is 1. The van der Waals surface area contributed by atoms with E-state index >= 15 is 0 Å². The van der Waals surface area contributed by atoms with Gasteiger partial charge >= 0.3 is 0 Å². The molecule has 14 nitrogen and oxygen atoms in total. The second kappa shape index (κ2) is 25.1. The summed E-state index contributed by atoms with van der Waals surface area (Å²) in [7, 11) is 0. The van der Waals surface area contributed by atoms with E-state index in [-0.39, 0.29) is 49.3 Å². The second-order valence-electron chi connectivity index (χ2n) is 15.1. The van der Waals surface area contributed by atoms with Crippen LogP contribution in [-0.2, 0) is 24.4 Å². The van der Waals surface area contributed by atoms with Crippen LogP contribution in [0, 0.1) is 11.8 Å². The van der Waals surface area contributed by atoms with E-state index in [0.29, 0.717) is 62.4 Å². The Morgan fingerprint density at radius 3 is 2.23 bits per heavy atom. The highest BCUT2D eigenvalue weighted by molar-refractivity contribution is 5.85.